The number of hydrogen-bond acceptors (Lipinski definition) is 2. The normalized spacial score (nSPS) is 11.3. The lowest BCUT2D eigenvalue weighted by Gasteiger charge is -2.09. The van der Waals surface area contributed by atoms with Gasteiger partial charge in [-0.15, -0.1) is 6.58 Å². The molecule has 1 aromatic heterocycles. The van der Waals surface area contributed by atoms with Gasteiger partial charge < -0.3 is 10.6 Å². The Morgan fingerprint density at radius 1 is 1.30 bits per heavy atom. The predicted molar refractivity (Wildman–Crippen MR) is 84.8 cm³/mol. The molecule has 0 saturated carbocycles. The molecule has 0 spiro atoms. The molecule has 2 N–H and O–H groups in total. The minimum absolute atomic E-state index is 0.549. The van der Waals surface area contributed by atoms with Crippen LogP contribution in [0, 0.1) is 0 Å². The molecule has 0 atom stereocenters. The summed E-state index contributed by atoms with van der Waals surface area (Å²) in [6.07, 6.45) is 3.64. The molecule has 0 fully saturated rings. The second-order valence-electron chi connectivity index (χ2n) is 4.34. The monoisotopic (exact) mass is 268 g/mol. The molecule has 0 radical (unpaired) electrons. The predicted octanol–water partition coefficient (Wildman–Crippen LogP) is 2.48. The van der Waals surface area contributed by atoms with Gasteiger partial charge in [0, 0.05) is 24.7 Å². The third-order valence-electron chi connectivity index (χ3n) is 2.90. The van der Waals surface area contributed by atoms with E-state index in [9.17, 15) is 0 Å². The van der Waals surface area contributed by atoms with Crippen LogP contribution >= 0.6 is 0 Å². The van der Waals surface area contributed by atoms with E-state index < -0.39 is 0 Å². The molecule has 0 amide bonds. The summed E-state index contributed by atoms with van der Waals surface area (Å²) in [5.41, 5.74) is 0.985. The van der Waals surface area contributed by atoms with E-state index in [1.807, 2.05) is 37.4 Å². The van der Waals surface area contributed by atoms with Crippen molar-refractivity contribution in [3.05, 3.63) is 54.9 Å². The second kappa shape index (κ2) is 7.28. The molecular formula is C16H20N4. The van der Waals surface area contributed by atoms with Gasteiger partial charge in [-0.3, -0.25) is 4.98 Å². The van der Waals surface area contributed by atoms with Crippen molar-refractivity contribution in [2.75, 3.05) is 13.1 Å². The van der Waals surface area contributed by atoms with Gasteiger partial charge in [-0.2, -0.15) is 0 Å². The van der Waals surface area contributed by atoms with Gasteiger partial charge in [0.05, 0.1) is 12.2 Å². The minimum atomic E-state index is 0.549. The molecule has 1 aromatic carbocycles. The smallest absolute Gasteiger partial charge is 0.191 e. The first-order valence-electron chi connectivity index (χ1n) is 6.81. The Bertz CT molecular complexity index is 599. The number of guanidine groups is 1. The lowest BCUT2D eigenvalue weighted by molar-refractivity contribution is 0.855. The van der Waals surface area contributed by atoms with Crippen LogP contribution in [0.2, 0.25) is 0 Å². The molecular weight excluding hydrogens is 248 g/mol. The van der Waals surface area contributed by atoms with Crippen molar-refractivity contribution in [2.24, 2.45) is 4.99 Å². The second-order valence-corrected chi connectivity index (χ2v) is 4.34. The van der Waals surface area contributed by atoms with Gasteiger partial charge in [0.1, 0.15) is 0 Å². The third kappa shape index (κ3) is 3.57. The Balaban J connectivity index is 2.19. The van der Waals surface area contributed by atoms with Crippen molar-refractivity contribution in [3.8, 4) is 0 Å². The summed E-state index contributed by atoms with van der Waals surface area (Å²) in [5.74, 6) is 0.780. The molecule has 20 heavy (non-hydrogen) atoms. The zero-order valence-electron chi connectivity index (χ0n) is 11.8. The third-order valence-corrected chi connectivity index (χ3v) is 2.90. The number of benzene rings is 1. The van der Waals surface area contributed by atoms with Crippen LogP contribution in [0.5, 0.6) is 0 Å². The number of nitrogens with zero attached hydrogens (tertiary/aromatic N) is 2. The molecule has 0 aliphatic carbocycles. The van der Waals surface area contributed by atoms with E-state index in [0.29, 0.717) is 13.1 Å². The lowest BCUT2D eigenvalue weighted by Crippen LogP contribution is -2.37. The molecule has 0 aliphatic heterocycles. The first-order valence-corrected chi connectivity index (χ1v) is 6.81. The van der Waals surface area contributed by atoms with Crippen LogP contribution in [0.4, 0.5) is 0 Å². The highest BCUT2D eigenvalue weighted by Crippen LogP contribution is 2.16. The van der Waals surface area contributed by atoms with Crippen molar-refractivity contribution in [2.45, 2.75) is 13.5 Å². The summed E-state index contributed by atoms with van der Waals surface area (Å²) < 4.78 is 0. The lowest BCUT2D eigenvalue weighted by atomic mass is 10.1. The Labute approximate surface area is 119 Å². The van der Waals surface area contributed by atoms with E-state index in [4.69, 9.17) is 0 Å². The maximum Gasteiger partial charge on any atom is 0.191 e. The number of hydrogen-bond donors (Lipinski definition) is 2. The summed E-state index contributed by atoms with van der Waals surface area (Å²) in [5, 5.41) is 8.72. The van der Waals surface area contributed by atoms with Gasteiger partial charge in [0.25, 0.3) is 0 Å². The van der Waals surface area contributed by atoms with Gasteiger partial charge in [-0.25, -0.2) is 4.99 Å². The molecule has 0 unspecified atom stereocenters. The zero-order valence-corrected chi connectivity index (χ0v) is 11.8. The number of aliphatic imine (C=N–C) groups is 1. The van der Waals surface area contributed by atoms with Crippen LogP contribution in [0.25, 0.3) is 10.8 Å². The summed E-state index contributed by atoms with van der Waals surface area (Å²) in [6, 6.07) is 10.2. The Morgan fingerprint density at radius 2 is 2.15 bits per heavy atom. The van der Waals surface area contributed by atoms with Gasteiger partial charge in [0.2, 0.25) is 0 Å². The van der Waals surface area contributed by atoms with Crippen molar-refractivity contribution in [1.82, 2.24) is 15.6 Å². The SMILES string of the molecule is C=CCNC(=NCc1nccc2ccccc12)NCC. The van der Waals surface area contributed by atoms with Crippen LogP contribution < -0.4 is 10.6 Å². The largest absolute Gasteiger partial charge is 0.357 e. The maximum atomic E-state index is 4.56. The standard InChI is InChI=1S/C16H20N4/c1-3-10-19-16(17-4-2)20-12-15-14-8-6-5-7-13(14)9-11-18-15/h3,5-9,11H,1,4,10,12H2,2H3,(H2,17,19,20). The van der Waals surface area contributed by atoms with Crippen LogP contribution in [0.1, 0.15) is 12.6 Å². The molecule has 0 saturated heterocycles. The highest BCUT2D eigenvalue weighted by Gasteiger charge is 2.02. The highest BCUT2D eigenvalue weighted by atomic mass is 15.2. The molecule has 104 valence electrons. The first-order chi connectivity index (χ1) is 9.85. The van der Waals surface area contributed by atoms with E-state index in [-0.39, 0.29) is 0 Å². The fourth-order valence-corrected chi connectivity index (χ4v) is 1.97. The van der Waals surface area contributed by atoms with Crippen LogP contribution in [0.3, 0.4) is 0 Å². The van der Waals surface area contributed by atoms with E-state index in [1.165, 1.54) is 5.39 Å². The van der Waals surface area contributed by atoms with E-state index in [2.05, 4.69) is 39.3 Å². The highest BCUT2D eigenvalue weighted by molar-refractivity contribution is 5.85. The zero-order chi connectivity index (χ0) is 14.2. The number of pyridine rings is 1. The van der Waals surface area contributed by atoms with Crippen LogP contribution in [-0.2, 0) is 6.54 Å². The summed E-state index contributed by atoms with van der Waals surface area (Å²) >= 11 is 0. The molecule has 4 nitrogen and oxygen atoms in total. The van der Waals surface area contributed by atoms with E-state index >= 15 is 0 Å². The van der Waals surface area contributed by atoms with Gasteiger partial charge >= 0.3 is 0 Å². The fourth-order valence-electron chi connectivity index (χ4n) is 1.97. The molecule has 1 heterocycles. The van der Waals surface area contributed by atoms with Crippen molar-refractivity contribution in [1.29, 1.82) is 0 Å². The molecule has 2 aromatic rings. The Morgan fingerprint density at radius 3 is 2.95 bits per heavy atom. The van der Waals surface area contributed by atoms with Crippen molar-refractivity contribution >= 4 is 16.7 Å². The maximum absolute atomic E-state index is 4.56. The van der Waals surface area contributed by atoms with Crippen molar-refractivity contribution in [3.63, 3.8) is 0 Å². The molecule has 2 rings (SSSR count). The number of rotatable bonds is 5. The summed E-state index contributed by atoms with van der Waals surface area (Å²) in [4.78, 5) is 8.99. The van der Waals surface area contributed by atoms with Gasteiger partial charge in [-0.05, 0) is 18.4 Å². The molecule has 4 heteroatoms. The fraction of sp³-hybridized carbons (Fsp3) is 0.250. The summed E-state index contributed by atoms with van der Waals surface area (Å²) in [6.45, 7) is 7.80. The topological polar surface area (TPSA) is 49.3 Å². The van der Waals surface area contributed by atoms with Crippen LogP contribution in [0.15, 0.2) is 54.2 Å². The molecule has 0 bridgehead atoms. The number of aromatic nitrogens is 1. The number of nitrogens with one attached hydrogen (secondary N) is 2. The molecule has 0 aliphatic rings. The average Bonchev–Trinajstić information content (AvgIpc) is 2.50. The Hall–Kier alpha value is -2.36. The van der Waals surface area contributed by atoms with Crippen molar-refractivity contribution < 1.29 is 0 Å². The van der Waals surface area contributed by atoms with E-state index in [0.717, 1.165) is 23.6 Å². The van der Waals surface area contributed by atoms with Crippen LogP contribution in [-0.4, -0.2) is 24.0 Å². The minimum Gasteiger partial charge on any atom is -0.357 e. The number of fused-ring (bicyclic) bond motifs is 1. The van der Waals surface area contributed by atoms with Gasteiger partial charge in [-0.1, -0.05) is 30.3 Å². The quantitative estimate of drug-likeness (QED) is 0.497. The average molecular weight is 268 g/mol. The first kappa shape index (κ1) is 14.1. The summed E-state index contributed by atoms with van der Waals surface area (Å²) in [7, 11) is 0. The Kier molecular flexibility index (Phi) is 5.12. The van der Waals surface area contributed by atoms with E-state index in [1.54, 1.807) is 0 Å². The van der Waals surface area contributed by atoms with Gasteiger partial charge in [0.15, 0.2) is 5.96 Å².